The van der Waals surface area contributed by atoms with Crippen molar-refractivity contribution in [2.75, 3.05) is 13.2 Å². The summed E-state index contributed by atoms with van der Waals surface area (Å²) in [6.07, 6.45) is 3.15. The molecule has 1 saturated heterocycles. The van der Waals surface area contributed by atoms with Crippen LogP contribution in [0, 0.1) is 11.8 Å². The molecule has 3 rings (SSSR count). The van der Waals surface area contributed by atoms with E-state index in [1.165, 1.54) is 5.57 Å². The van der Waals surface area contributed by atoms with E-state index in [2.05, 4.69) is 6.58 Å². The second-order valence-electron chi connectivity index (χ2n) is 4.97. The van der Waals surface area contributed by atoms with Gasteiger partial charge < -0.3 is 9.47 Å². The Morgan fingerprint density at radius 3 is 2.20 bits per heavy atom. The molecule has 1 spiro atoms. The Morgan fingerprint density at radius 1 is 1.13 bits per heavy atom. The first-order chi connectivity index (χ1) is 7.19. The molecule has 3 nitrogen and oxygen atoms in total. The van der Waals surface area contributed by atoms with Crippen LogP contribution in [0.25, 0.3) is 0 Å². The highest BCUT2D eigenvalue weighted by atomic mass is 16.7. The number of fused-ring (bicyclic) bond motifs is 2. The number of carbonyl (C=O) groups excluding carboxylic acids is 1. The molecule has 2 unspecified atom stereocenters. The lowest BCUT2D eigenvalue weighted by atomic mass is 9.67. The van der Waals surface area contributed by atoms with Crippen LogP contribution in [0.1, 0.15) is 25.7 Å². The van der Waals surface area contributed by atoms with Gasteiger partial charge in [-0.3, -0.25) is 4.79 Å². The van der Waals surface area contributed by atoms with Gasteiger partial charge in [0, 0.05) is 24.7 Å². The molecular formula is C12H16O3. The maximum atomic E-state index is 11.9. The van der Waals surface area contributed by atoms with Gasteiger partial charge in [-0.2, -0.15) is 0 Å². The Balaban J connectivity index is 1.86. The summed E-state index contributed by atoms with van der Waals surface area (Å²) in [6.45, 7) is 5.36. The van der Waals surface area contributed by atoms with E-state index in [0.717, 1.165) is 25.7 Å². The van der Waals surface area contributed by atoms with Crippen molar-refractivity contribution >= 4 is 5.78 Å². The third-order valence-corrected chi connectivity index (χ3v) is 3.80. The van der Waals surface area contributed by atoms with Crippen LogP contribution in [0.4, 0.5) is 0 Å². The average Bonchev–Trinajstić information content (AvgIpc) is 2.59. The van der Waals surface area contributed by atoms with Crippen LogP contribution in [0.3, 0.4) is 0 Å². The summed E-state index contributed by atoms with van der Waals surface area (Å²) in [4.78, 5) is 11.9. The van der Waals surface area contributed by atoms with Crippen LogP contribution in [0.5, 0.6) is 0 Å². The zero-order valence-electron chi connectivity index (χ0n) is 8.83. The van der Waals surface area contributed by atoms with E-state index in [4.69, 9.17) is 9.47 Å². The van der Waals surface area contributed by atoms with Crippen molar-refractivity contribution in [2.24, 2.45) is 11.8 Å². The number of Topliss-reactive ketones (excluding diaryl/α,β-unsaturated/α-hetero) is 1. The van der Waals surface area contributed by atoms with Crippen molar-refractivity contribution in [3.8, 4) is 0 Å². The van der Waals surface area contributed by atoms with Gasteiger partial charge in [0.25, 0.3) is 0 Å². The Hall–Kier alpha value is -0.670. The lowest BCUT2D eigenvalue weighted by molar-refractivity contribution is -0.200. The van der Waals surface area contributed by atoms with E-state index in [1.54, 1.807) is 0 Å². The van der Waals surface area contributed by atoms with Gasteiger partial charge >= 0.3 is 0 Å². The largest absolute Gasteiger partial charge is 0.347 e. The van der Waals surface area contributed by atoms with E-state index in [9.17, 15) is 4.79 Å². The molecule has 1 heterocycles. The highest BCUT2D eigenvalue weighted by Gasteiger charge is 2.50. The van der Waals surface area contributed by atoms with Gasteiger partial charge in [-0.1, -0.05) is 12.2 Å². The van der Waals surface area contributed by atoms with Crippen molar-refractivity contribution in [1.29, 1.82) is 0 Å². The van der Waals surface area contributed by atoms with Crippen molar-refractivity contribution in [3.05, 3.63) is 12.2 Å². The summed E-state index contributed by atoms with van der Waals surface area (Å²) in [5.74, 6) is 0.183. The maximum absolute atomic E-state index is 11.9. The van der Waals surface area contributed by atoms with Gasteiger partial charge in [0.1, 0.15) is 5.78 Å². The summed E-state index contributed by atoms with van der Waals surface area (Å²) >= 11 is 0. The van der Waals surface area contributed by atoms with Crippen LogP contribution in [-0.4, -0.2) is 24.8 Å². The SMILES string of the molecule is C=C1CC2CC3(CC(C1)C2=O)OCCO3. The minimum absolute atomic E-state index is 0.100. The number of ether oxygens (including phenoxy) is 2. The normalized spacial score (nSPS) is 38.7. The van der Waals surface area contributed by atoms with E-state index in [0.29, 0.717) is 19.0 Å². The van der Waals surface area contributed by atoms with E-state index in [-0.39, 0.29) is 11.8 Å². The van der Waals surface area contributed by atoms with Gasteiger partial charge in [-0.05, 0) is 12.8 Å². The number of hydrogen-bond acceptors (Lipinski definition) is 3. The smallest absolute Gasteiger partial charge is 0.169 e. The fourth-order valence-electron chi connectivity index (χ4n) is 3.23. The first-order valence-electron chi connectivity index (χ1n) is 5.67. The lowest BCUT2D eigenvalue weighted by Gasteiger charge is -2.43. The number of carbonyl (C=O) groups is 1. The summed E-state index contributed by atoms with van der Waals surface area (Å²) in [7, 11) is 0. The minimum Gasteiger partial charge on any atom is -0.347 e. The van der Waals surface area contributed by atoms with Crippen LogP contribution in [0.15, 0.2) is 12.2 Å². The Bertz CT molecular complexity index is 293. The Labute approximate surface area is 89.4 Å². The molecule has 2 bridgehead atoms. The molecular weight excluding hydrogens is 192 g/mol. The second kappa shape index (κ2) is 3.16. The molecule has 2 saturated carbocycles. The molecule has 3 heteroatoms. The monoisotopic (exact) mass is 208 g/mol. The lowest BCUT2D eigenvalue weighted by Crippen LogP contribution is -2.47. The minimum atomic E-state index is -0.427. The fourth-order valence-corrected chi connectivity index (χ4v) is 3.23. The van der Waals surface area contributed by atoms with Crippen molar-refractivity contribution < 1.29 is 14.3 Å². The molecule has 2 aliphatic carbocycles. The zero-order chi connectivity index (χ0) is 10.5. The molecule has 0 radical (unpaired) electrons. The second-order valence-corrected chi connectivity index (χ2v) is 4.97. The van der Waals surface area contributed by atoms with Gasteiger partial charge in [-0.15, -0.1) is 0 Å². The predicted molar refractivity (Wildman–Crippen MR) is 54.2 cm³/mol. The van der Waals surface area contributed by atoms with E-state index < -0.39 is 5.79 Å². The molecule has 0 aromatic carbocycles. The number of allylic oxidation sites excluding steroid dienone is 1. The van der Waals surface area contributed by atoms with Gasteiger partial charge in [-0.25, -0.2) is 0 Å². The Morgan fingerprint density at radius 2 is 1.67 bits per heavy atom. The number of rotatable bonds is 0. The molecule has 3 fully saturated rings. The highest BCUT2D eigenvalue weighted by Crippen LogP contribution is 2.46. The first kappa shape index (κ1) is 9.55. The van der Waals surface area contributed by atoms with Gasteiger partial charge in [0.05, 0.1) is 13.2 Å². The van der Waals surface area contributed by atoms with Gasteiger partial charge in [0.15, 0.2) is 5.79 Å². The average molecular weight is 208 g/mol. The molecule has 3 aliphatic rings. The standard InChI is InChI=1S/C12H16O3/c1-8-4-9-6-12(14-2-3-15-12)7-10(5-8)11(9)13/h9-10H,1-7H2. The van der Waals surface area contributed by atoms with Crippen LogP contribution < -0.4 is 0 Å². The third kappa shape index (κ3) is 1.45. The topological polar surface area (TPSA) is 35.5 Å². The molecule has 82 valence electrons. The predicted octanol–water partition coefficient (Wildman–Crippen LogP) is 1.67. The quantitative estimate of drug-likeness (QED) is 0.568. The molecule has 0 aromatic heterocycles. The van der Waals surface area contributed by atoms with Crippen LogP contribution >= 0.6 is 0 Å². The summed E-state index contributed by atoms with van der Waals surface area (Å²) in [5, 5.41) is 0. The molecule has 0 N–H and O–H groups in total. The highest BCUT2D eigenvalue weighted by molar-refractivity contribution is 5.86. The Kier molecular flexibility index (Phi) is 2.01. The zero-order valence-corrected chi connectivity index (χ0v) is 8.83. The van der Waals surface area contributed by atoms with E-state index >= 15 is 0 Å². The van der Waals surface area contributed by atoms with Crippen molar-refractivity contribution in [1.82, 2.24) is 0 Å². The number of ketones is 1. The molecule has 0 amide bonds. The first-order valence-corrected chi connectivity index (χ1v) is 5.67. The van der Waals surface area contributed by atoms with Crippen molar-refractivity contribution in [3.63, 3.8) is 0 Å². The van der Waals surface area contributed by atoms with Crippen molar-refractivity contribution in [2.45, 2.75) is 31.5 Å². The summed E-state index contributed by atoms with van der Waals surface area (Å²) in [6, 6.07) is 0. The molecule has 2 atom stereocenters. The fraction of sp³-hybridized carbons (Fsp3) is 0.750. The van der Waals surface area contributed by atoms with E-state index in [1.807, 2.05) is 0 Å². The van der Waals surface area contributed by atoms with Crippen LogP contribution in [-0.2, 0) is 14.3 Å². The summed E-state index contributed by atoms with van der Waals surface area (Å²) in [5.41, 5.74) is 1.22. The van der Waals surface area contributed by atoms with Gasteiger partial charge in [0.2, 0.25) is 0 Å². The van der Waals surface area contributed by atoms with Crippen LogP contribution in [0.2, 0.25) is 0 Å². The molecule has 0 aromatic rings. The third-order valence-electron chi connectivity index (χ3n) is 3.80. The number of hydrogen-bond donors (Lipinski definition) is 0. The summed E-state index contributed by atoms with van der Waals surface area (Å²) < 4.78 is 11.4. The molecule has 1 aliphatic heterocycles. The molecule has 15 heavy (non-hydrogen) atoms. The maximum Gasteiger partial charge on any atom is 0.169 e.